The summed E-state index contributed by atoms with van der Waals surface area (Å²) < 4.78 is 15.9. The van der Waals surface area contributed by atoms with Crippen molar-refractivity contribution in [2.45, 2.75) is 31.9 Å². The van der Waals surface area contributed by atoms with E-state index in [1.165, 1.54) is 0 Å². The maximum Gasteiger partial charge on any atom is 0.224 e. The van der Waals surface area contributed by atoms with Crippen molar-refractivity contribution in [2.24, 2.45) is 11.8 Å². The predicted molar refractivity (Wildman–Crippen MR) is 95.0 cm³/mol. The molecule has 2 fully saturated rings. The zero-order chi connectivity index (χ0) is 18.5. The number of hydrogen-bond donors (Lipinski definition) is 2. The van der Waals surface area contributed by atoms with Gasteiger partial charge in [-0.2, -0.15) is 0 Å². The molecule has 7 heteroatoms. The lowest BCUT2D eigenvalue weighted by Crippen LogP contribution is -2.34. The summed E-state index contributed by atoms with van der Waals surface area (Å²) in [6.07, 6.45) is 2.76. The largest absolute Gasteiger partial charge is 0.493 e. The molecule has 1 aromatic rings. The molecule has 1 aliphatic heterocycles. The van der Waals surface area contributed by atoms with Crippen LogP contribution < -0.4 is 20.1 Å². The molecular formula is C19H26N2O5. The number of rotatable bonds is 8. The van der Waals surface area contributed by atoms with Gasteiger partial charge in [0.2, 0.25) is 11.8 Å². The molecule has 0 bridgehead atoms. The number of benzene rings is 1. The van der Waals surface area contributed by atoms with Gasteiger partial charge in [0.25, 0.3) is 0 Å². The molecule has 2 aliphatic rings. The molecular weight excluding hydrogens is 336 g/mol. The molecule has 1 aromatic carbocycles. The van der Waals surface area contributed by atoms with Crippen LogP contribution in [0.3, 0.4) is 0 Å². The second kappa shape index (κ2) is 8.40. The summed E-state index contributed by atoms with van der Waals surface area (Å²) in [6.45, 7) is 1.69. The summed E-state index contributed by atoms with van der Waals surface area (Å²) in [5, 5.41) is 5.79. The van der Waals surface area contributed by atoms with E-state index in [0.29, 0.717) is 31.0 Å². The van der Waals surface area contributed by atoms with Crippen LogP contribution in [-0.2, 0) is 20.9 Å². The quantitative estimate of drug-likeness (QED) is 0.727. The lowest BCUT2D eigenvalue weighted by atomic mass is 10.2. The van der Waals surface area contributed by atoms with Gasteiger partial charge in [-0.25, -0.2) is 0 Å². The highest BCUT2D eigenvalue weighted by molar-refractivity contribution is 5.92. The van der Waals surface area contributed by atoms with E-state index in [0.717, 1.165) is 25.0 Å². The van der Waals surface area contributed by atoms with E-state index < -0.39 is 0 Å². The van der Waals surface area contributed by atoms with Crippen LogP contribution in [0.15, 0.2) is 18.2 Å². The van der Waals surface area contributed by atoms with Crippen molar-refractivity contribution in [3.05, 3.63) is 23.8 Å². The van der Waals surface area contributed by atoms with E-state index >= 15 is 0 Å². The molecule has 0 spiro atoms. The van der Waals surface area contributed by atoms with Crippen LogP contribution in [0.2, 0.25) is 0 Å². The Labute approximate surface area is 153 Å². The molecule has 26 heavy (non-hydrogen) atoms. The molecule has 0 radical (unpaired) electrons. The summed E-state index contributed by atoms with van der Waals surface area (Å²) in [5.41, 5.74) is 0.913. The van der Waals surface area contributed by atoms with Crippen molar-refractivity contribution in [1.29, 1.82) is 0 Å². The number of methoxy groups -OCH3 is 2. The van der Waals surface area contributed by atoms with Crippen LogP contribution in [-0.4, -0.2) is 45.3 Å². The molecule has 2 N–H and O–H groups in total. The normalized spacial score (nSPS) is 24.0. The van der Waals surface area contributed by atoms with Gasteiger partial charge < -0.3 is 24.8 Å². The molecule has 3 atom stereocenters. The Kier molecular flexibility index (Phi) is 5.98. The molecule has 1 aliphatic carbocycles. The number of ether oxygens (including phenoxy) is 3. The SMILES string of the molecule is COc1ccc(CNC(=O)C2CC2C(=O)NCC2CCCO2)cc1OC. The fourth-order valence-electron chi connectivity index (χ4n) is 3.24. The van der Waals surface area contributed by atoms with Gasteiger partial charge in [0.05, 0.1) is 32.2 Å². The zero-order valence-corrected chi connectivity index (χ0v) is 15.2. The number of carbonyl (C=O) groups excluding carboxylic acids is 2. The molecule has 1 heterocycles. The van der Waals surface area contributed by atoms with Crippen molar-refractivity contribution >= 4 is 11.8 Å². The first kappa shape index (κ1) is 18.5. The van der Waals surface area contributed by atoms with E-state index in [-0.39, 0.29) is 29.8 Å². The summed E-state index contributed by atoms with van der Waals surface area (Å²) in [6, 6.07) is 5.51. The average Bonchev–Trinajstić information content (AvgIpc) is 3.31. The van der Waals surface area contributed by atoms with Gasteiger partial charge in [0.1, 0.15) is 0 Å². The third-order valence-corrected chi connectivity index (χ3v) is 4.91. The smallest absolute Gasteiger partial charge is 0.224 e. The summed E-state index contributed by atoms with van der Waals surface area (Å²) >= 11 is 0. The minimum Gasteiger partial charge on any atom is -0.493 e. The molecule has 142 valence electrons. The fourth-order valence-corrected chi connectivity index (χ4v) is 3.24. The van der Waals surface area contributed by atoms with Crippen LogP contribution in [0, 0.1) is 11.8 Å². The van der Waals surface area contributed by atoms with Crippen molar-refractivity contribution in [3.8, 4) is 11.5 Å². The van der Waals surface area contributed by atoms with Gasteiger partial charge >= 0.3 is 0 Å². The molecule has 3 unspecified atom stereocenters. The maximum absolute atomic E-state index is 12.3. The first-order chi connectivity index (χ1) is 12.6. The van der Waals surface area contributed by atoms with Crippen LogP contribution in [0.5, 0.6) is 11.5 Å². The molecule has 1 saturated heterocycles. The van der Waals surface area contributed by atoms with E-state index in [1.807, 2.05) is 12.1 Å². The fraction of sp³-hybridized carbons (Fsp3) is 0.579. The molecule has 0 aromatic heterocycles. The van der Waals surface area contributed by atoms with E-state index in [1.54, 1.807) is 20.3 Å². The first-order valence-electron chi connectivity index (χ1n) is 9.00. The average molecular weight is 362 g/mol. The summed E-state index contributed by atoms with van der Waals surface area (Å²) in [7, 11) is 3.15. The Balaban J connectivity index is 1.42. The standard InChI is InChI=1S/C19H26N2O5/c1-24-16-6-5-12(8-17(16)25-2)10-20-18(22)14-9-15(14)19(23)21-11-13-4-3-7-26-13/h5-6,8,13-15H,3-4,7,9-11H2,1-2H3,(H,20,22)(H,21,23). The van der Waals surface area contributed by atoms with Gasteiger partial charge in [-0.3, -0.25) is 9.59 Å². The minimum atomic E-state index is -0.236. The Morgan fingerprint density at radius 1 is 1.12 bits per heavy atom. The number of nitrogens with one attached hydrogen (secondary N) is 2. The van der Waals surface area contributed by atoms with Crippen LogP contribution in [0.4, 0.5) is 0 Å². The van der Waals surface area contributed by atoms with Crippen LogP contribution in [0.25, 0.3) is 0 Å². The topological polar surface area (TPSA) is 85.9 Å². The Morgan fingerprint density at radius 2 is 1.85 bits per heavy atom. The maximum atomic E-state index is 12.3. The molecule has 7 nitrogen and oxygen atoms in total. The van der Waals surface area contributed by atoms with E-state index in [9.17, 15) is 9.59 Å². The lowest BCUT2D eigenvalue weighted by molar-refractivity contribution is -0.127. The highest BCUT2D eigenvalue weighted by atomic mass is 16.5. The van der Waals surface area contributed by atoms with Gasteiger partial charge in [-0.15, -0.1) is 0 Å². The number of amides is 2. The third-order valence-electron chi connectivity index (χ3n) is 4.91. The van der Waals surface area contributed by atoms with Gasteiger partial charge in [-0.05, 0) is 37.0 Å². The number of hydrogen-bond acceptors (Lipinski definition) is 5. The first-order valence-corrected chi connectivity index (χ1v) is 9.00. The lowest BCUT2D eigenvalue weighted by Gasteiger charge is -2.11. The monoisotopic (exact) mass is 362 g/mol. The van der Waals surface area contributed by atoms with Crippen molar-refractivity contribution in [2.75, 3.05) is 27.4 Å². The van der Waals surface area contributed by atoms with E-state index in [2.05, 4.69) is 10.6 Å². The third kappa shape index (κ3) is 4.46. The van der Waals surface area contributed by atoms with Crippen molar-refractivity contribution in [1.82, 2.24) is 10.6 Å². The Morgan fingerprint density at radius 3 is 2.50 bits per heavy atom. The van der Waals surface area contributed by atoms with E-state index in [4.69, 9.17) is 14.2 Å². The molecule has 3 rings (SSSR count). The number of carbonyl (C=O) groups is 2. The highest BCUT2D eigenvalue weighted by Gasteiger charge is 2.47. The second-order valence-electron chi connectivity index (χ2n) is 6.74. The highest BCUT2D eigenvalue weighted by Crippen LogP contribution is 2.39. The second-order valence-corrected chi connectivity index (χ2v) is 6.74. The van der Waals surface area contributed by atoms with Gasteiger partial charge in [0, 0.05) is 19.7 Å². The van der Waals surface area contributed by atoms with Crippen LogP contribution >= 0.6 is 0 Å². The zero-order valence-electron chi connectivity index (χ0n) is 15.2. The summed E-state index contributed by atoms with van der Waals surface area (Å²) in [4.78, 5) is 24.4. The molecule has 2 amide bonds. The van der Waals surface area contributed by atoms with Crippen molar-refractivity contribution < 1.29 is 23.8 Å². The Hall–Kier alpha value is -2.28. The molecule has 1 saturated carbocycles. The Bertz CT molecular complexity index is 657. The predicted octanol–water partition coefficient (Wildman–Crippen LogP) is 1.25. The van der Waals surface area contributed by atoms with Gasteiger partial charge in [0.15, 0.2) is 11.5 Å². The van der Waals surface area contributed by atoms with Crippen LogP contribution in [0.1, 0.15) is 24.8 Å². The van der Waals surface area contributed by atoms with Crippen molar-refractivity contribution in [3.63, 3.8) is 0 Å². The van der Waals surface area contributed by atoms with Gasteiger partial charge in [-0.1, -0.05) is 6.07 Å². The summed E-state index contributed by atoms with van der Waals surface area (Å²) in [5.74, 6) is 0.676. The minimum absolute atomic E-state index is 0.0493.